The van der Waals surface area contributed by atoms with E-state index in [0.717, 1.165) is 12.8 Å². The Morgan fingerprint density at radius 3 is 2.60 bits per heavy atom. The fourth-order valence-corrected chi connectivity index (χ4v) is 3.65. The van der Waals surface area contributed by atoms with E-state index < -0.39 is 15.9 Å². The van der Waals surface area contributed by atoms with Crippen LogP contribution in [0.1, 0.15) is 48.8 Å². The molecule has 0 saturated heterocycles. The summed E-state index contributed by atoms with van der Waals surface area (Å²) < 4.78 is 23.0. The zero-order chi connectivity index (χ0) is 14.9. The number of hydrogen-bond acceptors (Lipinski definition) is 4. The summed E-state index contributed by atoms with van der Waals surface area (Å²) >= 11 is 0. The van der Waals surface area contributed by atoms with Crippen molar-refractivity contribution in [1.82, 2.24) is 15.5 Å². The third-order valence-corrected chi connectivity index (χ3v) is 4.92. The van der Waals surface area contributed by atoms with Gasteiger partial charge in [-0.3, -0.25) is 9.89 Å². The van der Waals surface area contributed by atoms with E-state index in [2.05, 4.69) is 15.5 Å². The molecule has 1 amide bonds. The summed E-state index contributed by atoms with van der Waals surface area (Å²) in [5, 5.41) is 14.2. The highest BCUT2D eigenvalue weighted by molar-refractivity contribution is 7.89. The summed E-state index contributed by atoms with van der Waals surface area (Å²) in [6, 6.07) is -0.00432. The molecule has 1 aromatic heterocycles. The lowest BCUT2D eigenvalue weighted by Gasteiger charge is -2.19. The molecular weight excluding hydrogens is 280 g/mol. The van der Waals surface area contributed by atoms with Crippen LogP contribution in [-0.2, 0) is 10.0 Å². The van der Waals surface area contributed by atoms with Gasteiger partial charge in [0.2, 0.25) is 10.0 Å². The number of hydrogen-bond donors (Lipinski definition) is 3. The van der Waals surface area contributed by atoms with Crippen molar-refractivity contribution >= 4 is 15.9 Å². The number of primary sulfonamides is 1. The zero-order valence-electron chi connectivity index (χ0n) is 11.6. The molecule has 1 aliphatic carbocycles. The molecule has 1 heterocycles. The molecule has 0 spiro atoms. The molecule has 1 saturated carbocycles. The SMILES string of the molecule is Cc1[nH]nc(C(=O)NC(C)C2CCCC2)c1S(N)(=O)=O. The van der Waals surface area contributed by atoms with Gasteiger partial charge in [0.1, 0.15) is 4.90 Å². The van der Waals surface area contributed by atoms with Crippen LogP contribution in [-0.4, -0.2) is 30.6 Å². The van der Waals surface area contributed by atoms with E-state index in [1.807, 2.05) is 6.92 Å². The van der Waals surface area contributed by atoms with Crippen LogP contribution in [0.2, 0.25) is 0 Å². The minimum atomic E-state index is -3.98. The maximum atomic E-state index is 12.2. The van der Waals surface area contributed by atoms with E-state index in [1.165, 1.54) is 19.8 Å². The lowest BCUT2D eigenvalue weighted by molar-refractivity contribution is 0.0918. The van der Waals surface area contributed by atoms with E-state index in [9.17, 15) is 13.2 Å². The average Bonchev–Trinajstić information content (AvgIpc) is 2.95. The first-order chi connectivity index (χ1) is 9.30. The molecule has 8 heteroatoms. The van der Waals surface area contributed by atoms with Gasteiger partial charge in [0, 0.05) is 6.04 Å². The van der Waals surface area contributed by atoms with Crippen LogP contribution < -0.4 is 10.5 Å². The van der Waals surface area contributed by atoms with Crippen molar-refractivity contribution in [3.8, 4) is 0 Å². The number of nitrogens with two attached hydrogens (primary N) is 1. The molecule has 1 aliphatic rings. The molecule has 1 atom stereocenters. The molecule has 1 aromatic rings. The fourth-order valence-electron chi connectivity index (χ4n) is 2.77. The topological polar surface area (TPSA) is 118 Å². The standard InChI is InChI=1S/C12H20N4O3S/c1-7(9-5-3-4-6-9)14-12(17)10-11(20(13,18)19)8(2)15-16-10/h7,9H,3-6H2,1-2H3,(H,14,17)(H,15,16)(H2,13,18,19). The smallest absolute Gasteiger partial charge is 0.273 e. The van der Waals surface area contributed by atoms with Gasteiger partial charge >= 0.3 is 0 Å². The first-order valence-corrected chi connectivity index (χ1v) is 8.24. The molecule has 0 aromatic carbocycles. The summed E-state index contributed by atoms with van der Waals surface area (Å²) in [6.07, 6.45) is 4.52. The van der Waals surface area contributed by atoms with Crippen LogP contribution in [0.3, 0.4) is 0 Å². The second-order valence-electron chi connectivity index (χ2n) is 5.38. The van der Waals surface area contributed by atoms with Crippen LogP contribution in [0, 0.1) is 12.8 Å². The van der Waals surface area contributed by atoms with Gasteiger partial charge in [-0.2, -0.15) is 5.10 Å². The highest BCUT2D eigenvalue weighted by atomic mass is 32.2. The number of aromatic nitrogens is 2. The Balaban J connectivity index is 2.18. The minimum absolute atomic E-state index is 0.00432. The number of aryl methyl sites for hydroxylation is 1. The number of amides is 1. The van der Waals surface area contributed by atoms with Gasteiger partial charge in [0.05, 0.1) is 5.69 Å². The third kappa shape index (κ3) is 3.01. The maximum Gasteiger partial charge on any atom is 0.273 e. The van der Waals surface area contributed by atoms with Crippen LogP contribution in [0.15, 0.2) is 4.90 Å². The summed E-state index contributed by atoms with van der Waals surface area (Å²) in [4.78, 5) is 12.0. The van der Waals surface area contributed by atoms with Gasteiger partial charge in [-0.1, -0.05) is 12.8 Å². The average molecular weight is 300 g/mol. The van der Waals surface area contributed by atoms with E-state index in [4.69, 9.17) is 5.14 Å². The largest absolute Gasteiger partial charge is 0.348 e. The Bertz CT molecular complexity index is 602. The molecule has 1 fully saturated rings. The van der Waals surface area contributed by atoms with E-state index >= 15 is 0 Å². The molecule has 7 nitrogen and oxygen atoms in total. The monoisotopic (exact) mass is 300 g/mol. The lowest BCUT2D eigenvalue weighted by atomic mass is 10.00. The molecule has 2 rings (SSSR count). The van der Waals surface area contributed by atoms with Crippen LogP contribution in [0.5, 0.6) is 0 Å². The van der Waals surface area contributed by atoms with Gasteiger partial charge in [-0.25, -0.2) is 13.6 Å². The maximum absolute atomic E-state index is 12.2. The molecule has 1 unspecified atom stereocenters. The number of H-pyrrole nitrogens is 1. The molecule has 0 radical (unpaired) electrons. The van der Waals surface area contributed by atoms with Gasteiger partial charge in [0.25, 0.3) is 5.91 Å². The molecule has 4 N–H and O–H groups in total. The normalized spacial score (nSPS) is 18.1. The first-order valence-electron chi connectivity index (χ1n) is 6.69. The van der Waals surface area contributed by atoms with E-state index in [1.54, 1.807) is 0 Å². The summed E-state index contributed by atoms with van der Waals surface area (Å²) in [5.41, 5.74) is 0.112. The number of aromatic amines is 1. The quantitative estimate of drug-likeness (QED) is 0.757. The third-order valence-electron chi connectivity index (χ3n) is 3.86. The van der Waals surface area contributed by atoms with Crippen LogP contribution in [0.4, 0.5) is 0 Å². The van der Waals surface area contributed by atoms with Crippen molar-refractivity contribution in [3.63, 3.8) is 0 Å². The summed E-state index contributed by atoms with van der Waals surface area (Å²) in [5.74, 6) is -0.0605. The van der Waals surface area contributed by atoms with Crippen molar-refractivity contribution < 1.29 is 13.2 Å². The zero-order valence-corrected chi connectivity index (χ0v) is 12.5. The Morgan fingerprint density at radius 2 is 2.05 bits per heavy atom. The number of carbonyl (C=O) groups is 1. The van der Waals surface area contributed by atoms with Gasteiger partial charge in [0.15, 0.2) is 5.69 Å². The highest BCUT2D eigenvalue weighted by Gasteiger charge is 2.28. The Labute approximate surface area is 118 Å². The van der Waals surface area contributed by atoms with Crippen molar-refractivity contribution in [1.29, 1.82) is 0 Å². The summed E-state index contributed by atoms with van der Waals surface area (Å²) in [7, 11) is -3.98. The van der Waals surface area contributed by atoms with E-state index in [-0.39, 0.29) is 22.3 Å². The van der Waals surface area contributed by atoms with Crippen molar-refractivity contribution in [2.45, 2.75) is 50.5 Å². The van der Waals surface area contributed by atoms with Gasteiger partial charge in [-0.15, -0.1) is 0 Å². The molecule has 112 valence electrons. The predicted octanol–water partition coefficient (Wildman–Crippen LogP) is 0.674. The number of carbonyl (C=O) groups excluding carboxylic acids is 1. The van der Waals surface area contributed by atoms with Gasteiger partial charge < -0.3 is 5.32 Å². The van der Waals surface area contributed by atoms with Crippen LogP contribution >= 0.6 is 0 Å². The first kappa shape index (κ1) is 15.0. The fraction of sp³-hybridized carbons (Fsp3) is 0.667. The number of nitrogens with zero attached hydrogens (tertiary/aromatic N) is 1. The second kappa shape index (κ2) is 5.53. The van der Waals surface area contributed by atoms with Gasteiger partial charge in [-0.05, 0) is 32.6 Å². The predicted molar refractivity (Wildman–Crippen MR) is 73.6 cm³/mol. The molecule has 0 aliphatic heterocycles. The van der Waals surface area contributed by atoms with Crippen molar-refractivity contribution in [3.05, 3.63) is 11.4 Å². The Hall–Kier alpha value is -1.41. The lowest BCUT2D eigenvalue weighted by Crippen LogP contribution is -2.38. The Kier molecular flexibility index (Phi) is 4.14. The number of nitrogens with one attached hydrogen (secondary N) is 2. The molecule has 0 bridgehead atoms. The summed E-state index contributed by atoms with van der Waals surface area (Å²) in [6.45, 7) is 3.45. The second-order valence-corrected chi connectivity index (χ2v) is 6.88. The number of rotatable bonds is 4. The van der Waals surface area contributed by atoms with Crippen molar-refractivity contribution in [2.75, 3.05) is 0 Å². The number of sulfonamides is 1. The molecule has 20 heavy (non-hydrogen) atoms. The minimum Gasteiger partial charge on any atom is -0.348 e. The van der Waals surface area contributed by atoms with E-state index in [0.29, 0.717) is 5.92 Å². The molecular formula is C12H20N4O3S. The van der Waals surface area contributed by atoms with Crippen molar-refractivity contribution in [2.24, 2.45) is 11.1 Å². The highest BCUT2D eigenvalue weighted by Crippen LogP contribution is 2.27. The Morgan fingerprint density at radius 1 is 1.45 bits per heavy atom. The van der Waals surface area contributed by atoms with Crippen LogP contribution in [0.25, 0.3) is 0 Å².